The fraction of sp³-hybridized carbons (Fsp3) is 0.400. The van der Waals surface area contributed by atoms with Crippen molar-refractivity contribution >= 4 is 29.1 Å². The van der Waals surface area contributed by atoms with E-state index >= 15 is 0 Å². The van der Waals surface area contributed by atoms with Crippen molar-refractivity contribution in [1.82, 2.24) is 4.90 Å². The number of rotatable bonds is 7. The van der Waals surface area contributed by atoms with Gasteiger partial charge in [0.25, 0.3) is 5.91 Å². The molecule has 0 radical (unpaired) electrons. The minimum Gasteiger partial charge on any atom is -0.494 e. The molecule has 0 bridgehead atoms. The van der Waals surface area contributed by atoms with E-state index in [4.69, 9.17) is 4.74 Å². The smallest absolute Gasteiger partial charge is 0.251 e. The van der Waals surface area contributed by atoms with Crippen LogP contribution in [0.2, 0.25) is 0 Å². The molecule has 7 nitrogen and oxygen atoms in total. The summed E-state index contributed by atoms with van der Waals surface area (Å²) in [5.41, 5.74) is 1.36. The first-order valence-electron chi connectivity index (χ1n) is 11.3. The second-order valence-corrected chi connectivity index (χ2v) is 8.30. The van der Waals surface area contributed by atoms with Gasteiger partial charge >= 0.3 is 0 Å². The van der Waals surface area contributed by atoms with Crippen LogP contribution in [0.15, 0.2) is 54.6 Å². The van der Waals surface area contributed by atoms with Crippen molar-refractivity contribution in [2.45, 2.75) is 38.6 Å². The lowest BCUT2D eigenvalue weighted by Gasteiger charge is -2.34. The van der Waals surface area contributed by atoms with Crippen molar-refractivity contribution in [2.24, 2.45) is 5.92 Å². The van der Waals surface area contributed by atoms with Gasteiger partial charge in [0.05, 0.1) is 24.8 Å². The van der Waals surface area contributed by atoms with Gasteiger partial charge in [-0.15, -0.1) is 0 Å². The van der Waals surface area contributed by atoms with E-state index in [9.17, 15) is 14.4 Å². The van der Waals surface area contributed by atoms with E-state index < -0.39 is 6.04 Å². The summed E-state index contributed by atoms with van der Waals surface area (Å²) in [4.78, 5) is 41.6. The van der Waals surface area contributed by atoms with Gasteiger partial charge in [-0.25, -0.2) is 4.90 Å². The molecule has 2 saturated heterocycles. The van der Waals surface area contributed by atoms with Gasteiger partial charge in [-0.3, -0.25) is 19.3 Å². The molecule has 2 aliphatic heterocycles. The molecule has 2 aliphatic rings. The molecule has 2 aromatic carbocycles. The quantitative estimate of drug-likeness (QED) is 0.674. The van der Waals surface area contributed by atoms with Crippen LogP contribution in [0.4, 0.5) is 11.4 Å². The number of carbonyl (C=O) groups excluding carboxylic acids is 3. The summed E-state index contributed by atoms with van der Waals surface area (Å²) in [5, 5.41) is 2.96. The number of hydrogen-bond donors (Lipinski definition) is 1. The number of nitrogens with zero attached hydrogens (tertiary/aromatic N) is 2. The van der Waals surface area contributed by atoms with Crippen molar-refractivity contribution in [3.05, 3.63) is 54.6 Å². The van der Waals surface area contributed by atoms with Crippen molar-refractivity contribution in [3.63, 3.8) is 0 Å². The zero-order chi connectivity index (χ0) is 22.5. The van der Waals surface area contributed by atoms with Crippen LogP contribution in [0.5, 0.6) is 5.75 Å². The normalized spacial score (nSPS) is 19.9. The lowest BCUT2D eigenvalue weighted by molar-refractivity contribution is -0.123. The van der Waals surface area contributed by atoms with Crippen molar-refractivity contribution in [2.75, 3.05) is 29.9 Å². The number of ether oxygens (including phenoxy) is 1. The average molecular weight is 436 g/mol. The van der Waals surface area contributed by atoms with Crippen LogP contribution in [0, 0.1) is 5.92 Å². The van der Waals surface area contributed by atoms with Gasteiger partial charge in [0.1, 0.15) is 5.75 Å². The van der Waals surface area contributed by atoms with Crippen LogP contribution in [0.25, 0.3) is 0 Å². The summed E-state index contributed by atoms with van der Waals surface area (Å²) in [6, 6.07) is 16.0. The number of nitrogens with one attached hydrogen (secondary N) is 1. The number of benzene rings is 2. The summed E-state index contributed by atoms with van der Waals surface area (Å²) >= 11 is 0. The molecule has 1 N–H and O–H groups in total. The van der Waals surface area contributed by atoms with Crippen LogP contribution < -0.4 is 15.0 Å². The zero-order valence-corrected chi connectivity index (χ0v) is 18.3. The number of anilines is 2. The summed E-state index contributed by atoms with van der Waals surface area (Å²) in [6.07, 6.45) is 2.42. The third-order valence-electron chi connectivity index (χ3n) is 6.07. The van der Waals surface area contributed by atoms with Gasteiger partial charge in [0.2, 0.25) is 11.8 Å². The van der Waals surface area contributed by atoms with Crippen LogP contribution in [0.1, 0.15) is 32.6 Å². The molecule has 0 unspecified atom stereocenters. The SMILES string of the molecule is CCCOc1ccc(N2C(=O)C[C@H](N3CCC(C(=O)Nc4ccccc4)CC3)C2=O)cc1. The molecule has 0 aromatic heterocycles. The average Bonchev–Trinajstić information content (AvgIpc) is 3.12. The fourth-order valence-electron chi connectivity index (χ4n) is 4.32. The van der Waals surface area contributed by atoms with E-state index in [1.54, 1.807) is 24.3 Å². The van der Waals surface area contributed by atoms with Crippen molar-refractivity contribution < 1.29 is 19.1 Å². The Morgan fingerprint density at radius 1 is 1.03 bits per heavy atom. The molecule has 0 saturated carbocycles. The van der Waals surface area contributed by atoms with E-state index in [1.165, 1.54) is 4.90 Å². The van der Waals surface area contributed by atoms with Crippen LogP contribution in [0.3, 0.4) is 0 Å². The number of para-hydroxylation sites is 1. The standard InChI is InChI=1S/C25H29N3O4/c1-2-16-32-21-10-8-20(9-11-21)28-23(29)17-22(25(28)31)27-14-12-18(13-15-27)24(30)26-19-6-4-3-5-7-19/h3-11,18,22H,2,12-17H2,1H3,(H,26,30)/t22-/m0/s1. The second-order valence-electron chi connectivity index (χ2n) is 8.30. The molecule has 0 aliphatic carbocycles. The predicted molar refractivity (Wildman–Crippen MR) is 122 cm³/mol. The van der Waals surface area contributed by atoms with Crippen LogP contribution in [-0.2, 0) is 14.4 Å². The number of likely N-dealkylation sites (tertiary alicyclic amines) is 1. The summed E-state index contributed by atoms with van der Waals surface area (Å²) in [5.74, 6) is 0.264. The highest BCUT2D eigenvalue weighted by atomic mass is 16.5. The fourth-order valence-corrected chi connectivity index (χ4v) is 4.32. The van der Waals surface area contributed by atoms with E-state index in [2.05, 4.69) is 5.32 Å². The van der Waals surface area contributed by atoms with Crippen LogP contribution >= 0.6 is 0 Å². The lowest BCUT2D eigenvalue weighted by Crippen LogP contribution is -2.47. The molecule has 32 heavy (non-hydrogen) atoms. The van der Waals surface area contributed by atoms with Gasteiger partial charge in [-0.05, 0) is 68.8 Å². The number of amides is 3. The topological polar surface area (TPSA) is 79.0 Å². The first-order chi connectivity index (χ1) is 15.6. The Hall–Kier alpha value is -3.19. The Labute approximate surface area is 188 Å². The van der Waals surface area contributed by atoms with Gasteiger partial charge in [0.15, 0.2) is 0 Å². The summed E-state index contributed by atoms with van der Waals surface area (Å²) in [6.45, 7) is 3.90. The Morgan fingerprint density at radius 2 is 1.72 bits per heavy atom. The molecule has 2 fully saturated rings. The Balaban J connectivity index is 1.34. The van der Waals surface area contributed by atoms with Crippen molar-refractivity contribution in [3.8, 4) is 5.75 Å². The third-order valence-corrected chi connectivity index (χ3v) is 6.07. The van der Waals surface area contributed by atoms with E-state index in [0.717, 1.165) is 17.9 Å². The van der Waals surface area contributed by atoms with E-state index in [0.29, 0.717) is 38.2 Å². The largest absolute Gasteiger partial charge is 0.494 e. The molecule has 1 atom stereocenters. The third kappa shape index (κ3) is 4.83. The zero-order valence-electron chi connectivity index (χ0n) is 18.3. The monoisotopic (exact) mass is 435 g/mol. The highest BCUT2D eigenvalue weighted by Gasteiger charge is 2.43. The first kappa shape index (κ1) is 22.0. The summed E-state index contributed by atoms with van der Waals surface area (Å²) < 4.78 is 5.58. The Bertz CT molecular complexity index is 953. The predicted octanol–water partition coefficient (Wildman–Crippen LogP) is 3.46. The molecule has 7 heteroatoms. The maximum absolute atomic E-state index is 13.1. The van der Waals surface area contributed by atoms with E-state index in [-0.39, 0.29) is 30.1 Å². The van der Waals surface area contributed by atoms with Crippen LogP contribution in [-0.4, -0.2) is 48.4 Å². The number of carbonyl (C=O) groups is 3. The minimum absolute atomic E-state index is 0.0108. The van der Waals surface area contributed by atoms with Gasteiger partial charge in [0, 0.05) is 11.6 Å². The minimum atomic E-state index is -0.461. The maximum atomic E-state index is 13.1. The molecule has 4 rings (SSSR count). The highest BCUT2D eigenvalue weighted by Crippen LogP contribution is 2.30. The Morgan fingerprint density at radius 3 is 2.38 bits per heavy atom. The molecular weight excluding hydrogens is 406 g/mol. The number of piperidine rings is 1. The number of hydrogen-bond acceptors (Lipinski definition) is 5. The Kier molecular flexibility index (Phi) is 6.85. The molecule has 2 aromatic rings. The van der Waals surface area contributed by atoms with E-state index in [1.807, 2.05) is 42.2 Å². The summed E-state index contributed by atoms with van der Waals surface area (Å²) in [7, 11) is 0. The van der Waals surface area contributed by atoms with Gasteiger partial charge in [-0.1, -0.05) is 25.1 Å². The van der Waals surface area contributed by atoms with Gasteiger partial charge < -0.3 is 10.1 Å². The molecule has 168 valence electrons. The lowest BCUT2D eigenvalue weighted by atomic mass is 9.94. The van der Waals surface area contributed by atoms with Gasteiger partial charge in [-0.2, -0.15) is 0 Å². The maximum Gasteiger partial charge on any atom is 0.251 e. The highest BCUT2D eigenvalue weighted by molar-refractivity contribution is 6.22. The molecule has 3 amide bonds. The molecule has 0 spiro atoms. The number of imide groups is 1. The van der Waals surface area contributed by atoms with Crippen molar-refractivity contribution in [1.29, 1.82) is 0 Å². The molecule has 2 heterocycles. The second kappa shape index (κ2) is 9.96. The first-order valence-corrected chi connectivity index (χ1v) is 11.3. The molecular formula is C25H29N3O4.